The van der Waals surface area contributed by atoms with Crippen LogP contribution in [0.3, 0.4) is 0 Å². The normalized spacial score (nSPS) is 13.9. The molecular weight excluding hydrogens is 430 g/mol. The number of carboxylic acids is 1. The van der Waals surface area contributed by atoms with Gasteiger partial charge in [0.1, 0.15) is 0 Å². The molecule has 0 aliphatic carbocycles. The standard InChI is InChI=1S/C26H27N5O3/c1-17-24-22(18-7-9-19(10-8-18)30-11-13-34-14-12-30)16-23(26(32)33)27-25(24)31(28-17)21-6-4-5-20(15-21)29(2)3/h4-10,15-16H,11-14H2,1-3H3,(H,32,33). The van der Waals surface area contributed by atoms with Gasteiger partial charge in [-0.15, -0.1) is 0 Å². The number of benzene rings is 2. The number of aromatic carboxylic acids is 1. The van der Waals surface area contributed by atoms with Crippen LogP contribution >= 0.6 is 0 Å². The lowest BCUT2D eigenvalue weighted by molar-refractivity contribution is 0.0691. The first-order valence-corrected chi connectivity index (χ1v) is 11.3. The van der Waals surface area contributed by atoms with Crippen molar-refractivity contribution < 1.29 is 14.6 Å². The molecule has 3 heterocycles. The molecule has 0 unspecified atom stereocenters. The summed E-state index contributed by atoms with van der Waals surface area (Å²) < 4.78 is 7.19. The van der Waals surface area contributed by atoms with E-state index < -0.39 is 5.97 Å². The second-order valence-electron chi connectivity index (χ2n) is 8.62. The zero-order valence-corrected chi connectivity index (χ0v) is 19.5. The number of pyridine rings is 1. The molecule has 0 spiro atoms. The first-order valence-electron chi connectivity index (χ1n) is 11.3. The summed E-state index contributed by atoms with van der Waals surface area (Å²) in [5, 5.41) is 15.4. The van der Waals surface area contributed by atoms with E-state index in [1.807, 2.05) is 62.3 Å². The molecule has 1 fully saturated rings. The van der Waals surface area contributed by atoms with Gasteiger partial charge in [0.15, 0.2) is 11.3 Å². The second kappa shape index (κ2) is 8.79. The minimum absolute atomic E-state index is 0.00956. The molecule has 8 heteroatoms. The van der Waals surface area contributed by atoms with Crippen molar-refractivity contribution in [3.05, 3.63) is 66.0 Å². The Morgan fingerprint density at radius 1 is 1.03 bits per heavy atom. The number of carbonyl (C=O) groups is 1. The zero-order valence-electron chi connectivity index (χ0n) is 19.5. The number of aryl methyl sites for hydroxylation is 1. The maximum Gasteiger partial charge on any atom is 0.354 e. The zero-order chi connectivity index (χ0) is 23.8. The maximum atomic E-state index is 12.0. The van der Waals surface area contributed by atoms with Crippen molar-refractivity contribution in [3.8, 4) is 16.8 Å². The van der Waals surface area contributed by atoms with Crippen LogP contribution in [-0.4, -0.2) is 66.2 Å². The van der Waals surface area contributed by atoms with Gasteiger partial charge in [-0.1, -0.05) is 18.2 Å². The molecule has 0 radical (unpaired) electrons. The predicted molar refractivity (Wildman–Crippen MR) is 133 cm³/mol. The lowest BCUT2D eigenvalue weighted by atomic mass is 10.0. The van der Waals surface area contributed by atoms with E-state index in [9.17, 15) is 9.90 Å². The molecule has 2 aromatic carbocycles. The highest BCUT2D eigenvalue weighted by Gasteiger charge is 2.20. The van der Waals surface area contributed by atoms with Crippen LogP contribution in [0.25, 0.3) is 27.8 Å². The Balaban J connectivity index is 1.65. The third-order valence-corrected chi connectivity index (χ3v) is 6.18. The maximum absolute atomic E-state index is 12.0. The number of anilines is 2. The number of nitrogens with zero attached hydrogens (tertiary/aromatic N) is 5. The van der Waals surface area contributed by atoms with Gasteiger partial charge in [-0.2, -0.15) is 5.10 Å². The molecule has 1 N–H and O–H groups in total. The molecule has 1 saturated heterocycles. The average Bonchev–Trinajstić information content (AvgIpc) is 3.20. The fourth-order valence-corrected chi connectivity index (χ4v) is 4.38. The summed E-state index contributed by atoms with van der Waals surface area (Å²) in [5.41, 5.74) is 6.02. The summed E-state index contributed by atoms with van der Waals surface area (Å²) in [6.45, 7) is 5.10. The molecule has 174 valence electrons. The highest BCUT2D eigenvalue weighted by molar-refractivity contribution is 6.00. The Kier molecular flexibility index (Phi) is 5.67. The topological polar surface area (TPSA) is 83.7 Å². The van der Waals surface area contributed by atoms with E-state index in [4.69, 9.17) is 9.84 Å². The lowest BCUT2D eigenvalue weighted by Gasteiger charge is -2.29. The van der Waals surface area contributed by atoms with Gasteiger partial charge in [0.25, 0.3) is 0 Å². The molecule has 0 bridgehead atoms. The molecule has 1 aliphatic rings. The summed E-state index contributed by atoms with van der Waals surface area (Å²) in [4.78, 5) is 20.8. The Labute approximate surface area is 198 Å². The van der Waals surface area contributed by atoms with Gasteiger partial charge >= 0.3 is 5.97 Å². The number of hydrogen-bond donors (Lipinski definition) is 1. The van der Waals surface area contributed by atoms with Crippen molar-refractivity contribution in [1.29, 1.82) is 0 Å². The summed E-state index contributed by atoms with van der Waals surface area (Å²) in [7, 11) is 3.95. The van der Waals surface area contributed by atoms with Crippen LogP contribution in [0.4, 0.5) is 11.4 Å². The Morgan fingerprint density at radius 2 is 1.76 bits per heavy atom. The Bertz CT molecular complexity index is 1360. The number of rotatable bonds is 5. The average molecular weight is 458 g/mol. The molecule has 8 nitrogen and oxygen atoms in total. The summed E-state index contributed by atoms with van der Waals surface area (Å²) in [6, 6.07) is 17.8. The largest absolute Gasteiger partial charge is 0.477 e. The third-order valence-electron chi connectivity index (χ3n) is 6.18. The van der Waals surface area contributed by atoms with Crippen molar-refractivity contribution in [1.82, 2.24) is 14.8 Å². The van der Waals surface area contributed by atoms with Gasteiger partial charge in [-0.25, -0.2) is 14.5 Å². The van der Waals surface area contributed by atoms with Crippen LogP contribution in [0.1, 0.15) is 16.2 Å². The molecule has 1 aliphatic heterocycles. The van der Waals surface area contributed by atoms with E-state index in [-0.39, 0.29) is 5.69 Å². The van der Waals surface area contributed by atoms with Gasteiger partial charge in [-0.05, 0) is 54.4 Å². The van der Waals surface area contributed by atoms with Crippen molar-refractivity contribution in [2.24, 2.45) is 0 Å². The molecular formula is C26H27N5O3. The van der Waals surface area contributed by atoms with Crippen LogP contribution in [0, 0.1) is 6.92 Å². The van der Waals surface area contributed by atoms with Crippen molar-refractivity contribution in [2.45, 2.75) is 6.92 Å². The van der Waals surface area contributed by atoms with Gasteiger partial charge < -0.3 is 19.6 Å². The predicted octanol–water partition coefficient (Wildman–Crippen LogP) is 4.00. The number of ether oxygens (including phenoxy) is 1. The van der Waals surface area contributed by atoms with E-state index in [1.165, 1.54) is 0 Å². The van der Waals surface area contributed by atoms with Gasteiger partial charge in [0, 0.05) is 38.6 Å². The Morgan fingerprint density at radius 3 is 2.44 bits per heavy atom. The van der Waals surface area contributed by atoms with Crippen LogP contribution in [0.5, 0.6) is 0 Å². The van der Waals surface area contributed by atoms with E-state index in [1.54, 1.807) is 10.7 Å². The SMILES string of the molecule is Cc1nn(-c2cccc(N(C)C)c2)c2nc(C(=O)O)cc(-c3ccc(N4CCOCC4)cc3)c12. The van der Waals surface area contributed by atoms with E-state index in [0.717, 1.165) is 65.6 Å². The molecule has 4 aromatic rings. The molecule has 2 aromatic heterocycles. The summed E-state index contributed by atoms with van der Waals surface area (Å²) in [5.74, 6) is -1.07. The number of morpholine rings is 1. The Hall–Kier alpha value is -3.91. The van der Waals surface area contributed by atoms with E-state index >= 15 is 0 Å². The van der Waals surface area contributed by atoms with Crippen molar-refractivity contribution >= 4 is 28.4 Å². The van der Waals surface area contributed by atoms with Crippen molar-refractivity contribution in [2.75, 3.05) is 50.2 Å². The van der Waals surface area contributed by atoms with Crippen LogP contribution in [0.2, 0.25) is 0 Å². The lowest BCUT2D eigenvalue weighted by Crippen LogP contribution is -2.36. The van der Waals surface area contributed by atoms with Crippen LogP contribution in [0.15, 0.2) is 54.6 Å². The number of fused-ring (bicyclic) bond motifs is 1. The second-order valence-corrected chi connectivity index (χ2v) is 8.62. The minimum atomic E-state index is -1.07. The summed E-state index contributed by atoms with van der Waals surface area (Å²) in [6.07, 6.45) is 0. The van der Waals surface area contributed by atoms with Gasteiger partial charge in [0.05, 0.1) is 30.0 Å². The molecule has 34 heavy (non-hydrogen) atoms. The summed E-state index contributed by atoms with van der Waals surface area (Å²) >= 11 is 0. The van der Waals surface area contributed by atoms with Crippen LogP contribution < -0.4 is 9.80 Å². The molecule has 0 saturated carbocycles. The minimum Gasteiger partial charge on any atom is -0.477 e. The van der Waals surface area contributed by atoms with E-state index in [2.05, 4.69) is 22.0 Å². The third kappa shape index (κ3) is 3.97. The first-order chi connectivity index (χ1) is 16.4. The molecule has 5 rings (SSSR count). The quantitative estimate of drug-likeness (QED) is 0.485. The van der Waals surface area contributed by atoms with Gasteiger partial charge in [0.2, 0.25) is 0 Å². The number of carboxylic acid groups (broad SMARTS) is 1. The highest BCUT2D eigenvalue weighted by atomic mass is 16.5. The van der Waals surface area contributed by atoms with Gasteiger partial charge in [-0.3, -0.25) is 0 Å². The first kappa shape index (κ1) is 21.9. The van der Waals surface area contributed by atoms with E-state index in [0.29, 0.717) is 5.65 Å². The fourth-order valence-electron chi connectivity index (χ4n) is 4.38. The van der Waals surface area contributed by atoms with Crippen molar-refractivity contribution in [3.63, 3.8) is 0 Å². The molecule has 0 amide bonds. The molecule has 0 atom stereocenters. The fraction of sp³-hybridized carbons (Fsp3) is 0.269. The van der Waals surface area contributed by atoms with Crippen LogP contribution in [-0.2, 0) is 4.74 Å². The highest BCUT2D eigenvalue weighted by Crippen LogP contribution is 2.34. The number of aromatic nitrogens is 3. The number of hydrogen-bond acceptors (Lipinski definition) is 6. The smallest absolute Gasteiger partial charge is 0.354 e. The monoisotopic (exact) mass is 457 g/mol.